The van der Waals surface area contributed by atoms with Crippen molar-refractivity contribution in [3.8, 4) is 0 Å². The van der Waals surface area contributed by atoms with E-state index in [9.17, 15) is 23.1 Å². The lowest BCUT2D eigenvalue weighted by Crippen LogP contribution is -2.48. The van der Waals surface area contributed by atoms with Gasteiger partial charge in [0.15, 0.2) is 0 Å². The van der Waals surface area contributed by atoms with Gasteiger partial charge in [0.2, 0.25) is 0 Å². The van der Waals surface area contributed by atoms with Crippen LogP contribution in [-0.4, -0.2) is 29.7 Å². The average molecular weight is 547 g/mol. The van der Waals surface area contributed by atoms with Crippen LogP contribution in [0.5, 0.6) is 0 Å². The van der Waals surface area contributed by atoms with Gasteiger partial charge < -0.3 is 15.7 Å². The first-order valence-corrected chi connectivity index (χ1v) is 13.4. The Bertz CT molecular complexity index is 1420. The van der Waals surface area contributed by atoms with Gasteiger partial charge in [-0.25, -0.2) is 13.2 Å². The van der Waals surface area contributed by atoms with Crippen molar-refractivity contribution in [2.45, 2.75) is 44.9 Å². The molecule has 4 rings (SSSR count). The van der Waals surface area contributed by atoms with E-state index < -0.39 is 29.7 Å². The molecule has 0 saturated heterocycles. The van der Waals surface area contributed by atoms with Gasteiger partial charge in [-0.3, -0.25) is 4.79 Å². The molecule has 0 aliphatic carbocycles. The number of carbonyl (C=O) groups is 1. The van der Waals surface area contributed by atoms with Crippen LogP contribution < -0.4 is 10.6 Å². The van der Waals surface area contributed by atoms with Gasteiger partial charge in [0.05, 0.1) is 12.1 Å². The maximum absolute atomic E-state index is 14.1. The van der Waals surface area contributed by atoms with Crippen molar-refractivity contribution < 1.29 is 23.1 Å². The standard InChI is InChI=1S/C33H33F3N2O2/c1-2-22-7-5-9-24(13-22)20-37-21-32(39)31(18-25-16-28(34)19-29(35)17-25)38-33(40)27-11-6-8-23(15-27)14-26-10-3-4-12-30(26)36/h3-13,15-17,19,31-32,37,39H,2,14,18,20-21H2,1H3,(H,38,40). The normalized spacial score (nSPS) is 12.6. The van der Waals surface area contributed by atoms with Crippen LogP contribution in [0, 0.1) is 17.5 Å². The summed E-state index contributed by atoms with van der Waals surface area (Å²) in [6.07, 6.45) is 0.192. The first-order chi connectivity index (χ1) is 19.3. The highest BCUT2D eigenvalue weighted by Crippen LogP contribution is 2.16. The van der Waals surface area contributed by atoms with E-state index in [1.54, 1.807) is 36.4 Å². The van der Waals surface area contributed by atoms with E-state index in [1.165, 1.54) is 23.8 Å². The lowest BCUT2D eigenvalue weighted by Gasteiger charge is -2.25. The van der Waals surface area contributed by atoms with E-state index in [4.69, 9.17) is 0 Å². The van der Waals surface area contributed by atoms with Gasteiger partial charge >= 0.3 is 0 Å². The number of rotatable bonds is 12. The summed E-state index contributed by atoms with van der Waals surface area (Å²) in [6.45, 7) is 2.74. The first kappa shape index (κ1) is 29.1. The Morgan fingerprint density at radius 2 is 1.50 bits per heavy atom. The number of aryl methyl sites for hydroxylation is 1. The molecule has 4 aromatic rings. The topological polar surface area (TPSA) is 61.4 Å². The molecule has 1 amide bonds. The third-order valence-electron chi connectivity index (χ3n) is 6.78. The fraction of sp³-hybridized carbons (Fsp3) is 0.242. The van der Waals surface area contributed by atoms with Crippen molar-refractivity contribution in [3.05, 3.63) is 142 Å². The molecule has 0 saturated carbocycles. The van der Waals surface area contributed by atoms with Gasteiger partial charge in [0, 0.05) is 31.1 Å². The van der Waals surface area contributed by atoms with Gasteiger partial charge in [0.1, 0.15) is 17.5 Å². The molecule has 2 unspecified atom stereocenters. The zero-order valence-corrected chi connectivity index (χ0v) is 22.3. The Hall–Kier alpha value is -3.94. The van der Waals surface area contributed by atoms with E-state index in [2.05, 4.69) is 23.6 Å². The molecule has 0 aromatic heterocycles. The van der Waals surface area contributed by atoms with Crippen molar-refractivity contribution in [2.24, 2.45) is 0 Å². The summed E-state index contributed by atoms with van der Waals surface area (Å²) >= 11 is 0. The van der Waals surface area contributed by atoms with Gasteiger partial charge in [0.25, 0.3) is 5.91 Å². The van der Waals surface area contributed by atoms with Gasteiger partial charge in [-0.05, 0) is 71.0 Å². The molecule has 0 radical (unpaired) electrons. The third kappa shape index (κ3) is 8.28. The summed E-state index contributed by atoms with van der Waals surface area (Å²) in [5.41, 5.74) is 4.17. The average Bonchev–Trinajstić information content (AvgIpc) is 2.93. The van der Waals surface area contributed by atoms with Crippen molar-refractivity contribution in [3.63, 3.8) is 0 Å². The number of aliphatic hydroxyl groups is 1. The molecule has 0 spiro atoms. The summed E-state index contributed by atoms with van der Waals surface area (Å²) in [7, 11) is 0. The number of benzene rings is 4. The predicted octanol–water partition coefficient (Wildman–Crippen LogP) is 5.75. The Balaban J connectivity index is 1.47. The van der Waals surface area contributed by atoms with Crippen LogP contribution in [0.1, 0.15) is 45.1 Å². The van der Waals surface area contributed by atoms with Crippen LogP contribution in [0.25, 0.3) is 0 Å². The minimum Gasteiger partial charge on any atom is -0.390 e. The molecule has 4 aromatic carbocycles. The molecule has 0 aliphatic heterocycles. The van der Waals surface area contributed by atoms with Crippen LogP contribution in [-0.2, 0) is 25.8 Å². The molecular weight excluding hydrogens is 513 g/mol. The smallest absolute Gasteiger partial charge is 0.251 e. The van der Waals surface area contributed by atoms with Crippen LogP contribution in [0.4, 0.5) is 13.2 Å². The quantitative estimate of drug-likeness (QED) is 0.212. The molecule has 7 heteroatoms. The predicted molar refractivity (Wildman–Crippen MR) is 150 cm³/mol. The molecule has 3 N–H and O–H groups in total. The Morgan fingerprint density at radius 3 is 2.25 bits per heavy atom. The summed E-state index contributed by atoms with van der Waals surface area (Å²) < 4.78 is 41.9. The SMILES string of the molecule is CCc1cccc(CNCC(O)C(Cc2cc(F)cc(F)c2)NC(=O)c2cccc(Cc3ccccc3F)c2)c1. The second-order valence-corrected chi connectivity index (χ2v) is 9.90. The minimum absolute atomic E-state index is 0.0174. The number of nitrogens with one attached hydrogen (secondary N) is 2. The molecule has 0 fully saturated rings. The number of halogens is 3. The highest BCUT2D eigenvalue weighted by molar-refractivity contribution is 5.94. The fourth-order valence-corrected chi connectivity index (χ4v) is 4.67. The summed E-state index contributed by atoms with van der Waals surface area (Å²) in [5, 5.41) is 17.1. The number of hydrogen-bond acceptors (Lipinski definition) is 3. The number of aliphatic hydroxyl groups excluding tert-OH is 1. The van der Waals surface area contributed by atoms with E-state index >= 15 is 0 Å². The van der Waals surface area contributed by atoms with E-state index in [1.807, 2.05) is 24.3 Å². The zero-order chi connectivity index (χ0) is 28.5. The Labute approximate surface area is 232 Å². The summed E-state index contributed by atoms with van der Waals surface area (Å²) in [5.74, 6) is -2.24. The van der Waals surface area contributed by atoms with Crippen LogP contribution >= 0.6 is 0 Å². The molecular formula is C33H33F3N2O2. The van der Waals surface area contributed by atoms with Gasteiger partial charge in [-0.1, -0.05) is 61.5 Å². The monoisotopic (exact) mass is 546 g/mol. The van der Waals surface area contributed by atoms with Crippen LogP contribution in [0.15, 0.2) is 91.0 Å². The highest BCUT2D eigenvalue weighted by atomic mass is 19.1. The largest absolute Gasteiger partial charge is 0.390 e. The lowest BCUT2D eigenvalue weighted by molar-refractivity contribution is 0.0829. The molecule has 208 valence electrons. The van der Waals surface area contributed by atoms with Crippen molar-refractivity contribution >= 4 is 5.91 Å². The van der Waals surface area contributed by atoms with E-state index in [0.29, 0.717) is 29.7 Å². The molecule has 0 aliphatic rings. The summed E-state index contributed by atoms with van der Waals surface area (Å²) in [6, 6.07) is 23.7. The zero-order valence-electron chi connectivity index (χ0n) is 22.3. The van der Waals surface area contributed by atoms with Gasteiger partial charge in [-0.15, -0.1) is 0 Å². The number of carbonyl (C=O) groups excluding carboxylic acids is 1. The van der Waals surface area contributed by atoms with Crippen LogP contribution in [0.3, 0.4) is 0 Å². The number of amides is 1. The Kier molecular flexibility index (Phi) is 10.1. The maximum atomic E-state index is 14.1. The molecule has 0 bridgehead atoms. The number of hydrogen-bond donors (Lipinski definition) is 3. The molecule has 40 heavy (non-hydrogen) atoms. The highest BCUT2D eigenvalue weighted by Gasteiger charge is 2.23. The second kappa shape index (κ2) is 13.9. The summed E-state index contributed by atoms with van der Waals surface area (Å²) in [4.78, 5) is 13.3. The molecule has 4 nitrogen and oxygen atoms in total. The third-order valence-corrected chi connectivity index (χ3v) is 6.78. The fourth-order valence-electron chi connectivity index (χ4n) is 4.67. The van der Waals surface area contributed by atoms with Crippen molar-refractivity contribution in [2.75, 3.05) is 6.54 Å². The Morgan fingerprint density at radius 1 is 0.800 bits per heavy atom. The minimum atomic E-state index is -1.05. The van der Waals surface area contributed by atoms with Gasteiger partial charge in [-0.2, -0.15) is 0 Å². The second-order valence-electron chi connectivity index (χ2n) is 9.90. The molecule has 0 heterocycles. The van der Waals surface area contributed by atoms with Crippen molar-refractivity contribution in [1.82, 2.24) is 10.6 Å². The van der Waals surface area contributed by atoms with E-state index in [-0.39, 0.29) is 18.8 Å². The lowest BCUT2D eigenvalue weighted by atomic mass is 9.99. The van der Waals surface area contributed by atoms with E-state index in [0.717, 1.165) is 23.6 Å². The first-order valence-electron chi connectivity index (χ1n) is 13.4. The molecule has 2 atom stereocenters. The maximum Gasteiger partial charge on any atom is 0.251 e. The van der Waals surface area contributed by atoms with Crippen LogP contribution in [0.2, 0.25) is 0 Å². The van der Waals surface area contributed by atoms with Crippen molar-refractivity contribution in [1.29, 1.82) is 0 Å².